The van der Waals surface area contributed by atoms with Crippen molar-refractivity contribution in [2.24, 2.45) is 0 Å². The topological polar surface area (TPSA) is 104 Å². The summed E-state index contributed by atoms with van der Waals surface area (Å²) in [4.78, 5) is 0. The smallest absolute Gasteiger partial charge is 0.212 e. The van der Waals surface area contributed by atoms with Crippen molar-refractivity contribution in [2.45, 2.75) is 17.6 Å². The minimum atomic E-state index is -6.10. The van der Waals surface area contributed by atoms with E-state index >= 15 is 0 Å². The molecule has 0 aromatic heterocycles. The molecule has 0 heterocycles. The molecule has 0 saturated carbocycles. The highest BCUT2D eigenvalue weighted by molar-refractivity contribution is 7.98. The highest BCUT2D eigenvalue weighted by Gasteiger charge is 2.62. The van der Waals surface area contributed by atoms with Crippen molar-refractivity contribution < 1.29 is 43.3 Å². The predicted molar refractivity (Wildman–Crippen MR) is 53.9 cm³/mol. The summed E-state index contributed by atoms with van der Waals surface area (Å²) in [6.45, 7) is 0.844. The van der Waals surface area contributed by atoms with Gasteiger partial charge in [0.15, 0.2) is 0 Å². The fraction of sp³-hybridized carbons (Fsp3) is 1.00. The minimum Gasteiger partial charge on any atom is -0.212 e. The van der Waals surface area contributed by atoms with Gasteiger partial charge in [-0.2, -0.15) is 21.6 Å². The molecule has 0 bridgehead atoms. The zero-order valence-electron chi connectivity index (χ0n) is 9.04. The number of sulfone groups is 1. The molecule has 0 aliphatic carbocycles. The molecule has 0 aliphatic rings. The molecule has 0 amide bonds. The molecule has 0 aliphatic heterocycles. The van der Waals surface area contributed by atoms with Gasteiger partial charge in [-0.15, -0.1) is 4.52 Å². The van der Waals surface area contributed by atoms with Gasteiger partial charge >= 0.3 is 28.6 Å². The monoisotopic (exact) mass is 333 g/mol. The zero-order chi connectivity index (χ0) is 14.8. The van der Waals surface area contributed by atoms with Gasteiger partial charge in [-0.1, -0.05) is 0 Å². The average molecular weight is 333 g/mol. The quantitative estimate of drug-likeness (QED) is 0.527. The van der Waals surface area contributed by atoms with Crippen LogP contribution in [-0.2, 0) is 33.2 Å². The summed E-state index contributed by atoms with van der Waals surface area (Å²) in [6, 6.07) is 0. The van der Waals surface area contributed by atoms with Crippen molar-refractivity contribution in [2.75, 3.05) is 12.9 Å². The van der Waals surface area contributed by atoms with Crippen LogP contribution >= 0.6 is 8.03 Å². The van der Waals surface area contributed by atoms with E-state index in [1.54, 1.807) is 0 Å². The van der Waals surface area contributed by atoms with Gasteiger partial charge in [0.1, 0.15) is 0 Å². The van der Waals surface area contributed by atoms with Gasteiger partial charge in [0.2, 0.25) is 0 Å². The van der Waals surface area contributed by atoms with E-state index in [1.807, 2.05) is 0 Å². The Kier molecular flexibility index (Phi) is 5.69. The molecule has 0 aromatic carbocycles. The predicted octanol–water partition coefficient (Wildman–Crippen LogP) is 0.960. The van der Waals surface area contributed by atoms with Crippen LogP contribution in [0.4, 0.5) is 13.2 Å². The molecule has 0 fully saturated rings. The molecule has 0 rings (SSSR count). The Hall–Kier alpha value is -0.290. The fourth-order valence-electron chi connectivity index (χ4n) is 0.652. The van der Waals surface area contributed by atoms with Gasteiger partial charge in [0, 0.05) is 0 Å². The molecule has 18 heavy (non-hydrogen) atoms. The Labute approximate surface area is 102 Å². The first-order chi connectivity index (χ1) is 7.83. The second-order valence-electron chi connectivity index (χ2n) is 2.80. The number of hydrogen-bond donors (Lipinski definition) is 0. The van der Waals surface area contributed by atoms with E-state index in [2.05, 4.69) is 8.71 Å². The van der Waals surface area contributed by atoms with E-state index in [0.29, 0.717) is 6.26 Å². The van der Waals surface area contributed by atoms with Crippen molar-refractivity contribution in [1.29, 1.82) is 0 Å². The Morgan fingerprint density at radius 2 is 1.67 bits per heavy atom. The van der Waals surface area contributed by atoms with E-state index in [9.17, 15) is 34.6 Å². The lowest BCUT2D eigenvalue weighted by Crippen LogP contribution is -2.35. The number of rotatable bonds is 6. The van der Waals surface area contributed by atoms with E-state index in [4.69, 9.17) is 0 Å². The molecule has 108 valence electrons. The van der Waals surface area contributed by atoms with Crippen LogP contribution in [0.25, 0.3) is 0 Å². The van der Waals surface area contributed by atoms with Gasteiger partial charge in [-0.25, -0.2) is 12.6 Å². The Morgan fingerprint density at radius 3 is 1.94 bits per heavy atom. The molecule has 2 unspecified atom stereocenters. The third kappa shape index (κ3) is 4.76. The van der Waals surface area contributed by atoms with Crippen LogP contribution in [0.2, 0.25) is 0 Å². The van der Waals surface area contributed by atoms with Gasteiger partial charge in [0.25, 0.3) is 10.1 Å². The van der Waals surface area contributed by atoms with Gasteiger partial charge < -0.3 is 0 Å². The summed E-state index contributed by atoms with van der Waals surface area (Å²) in [7, 11) is -14.2. The maximum atomic E-state index is 12.2. The number of hydrogen-bond acceptors (Lipinski definition) is 7. The number of halogens is 3. The molecule has 0 spiro atoms. The largest absolute Gasteiger partial charge is 0.559 e. The highest BCUT2D eigenvalue weighted by Crippen LogP contribution is 2.41. The first-order valence-corrected chi connectivity index (χ1v) is 8.71. The third-order valence-corrected chi connectivity index (χ3v) is 5.66. The van der Waals surface area contributed by atoms with Crippen molar-refractivity contribution >= 4 is 28.0 Å². The van der Waals surface area contributed by atoms with Crippen LogP contribution in [0.15, 0.2) is 0 Å². The van der Waals surface area contributed by atoms with Crippen molar-refractivity contribution in [3.63, 3.8) is 0 Å². The molecular weight excluding hydrogens is 324 g/mol. The Balaban J connectivity index is 5.57. The lowest BCUT2D eigenvalue weighted by molar-refractivity contribution is -0.0456. The van der Waals surface area contributed by atoms with E-state index in [0.717, 1.165) is 0 Å². The van der Waals surface area contributed by atoms with Crippen LogP contribution in [-0.4, -0.2) is 40.4 Å². The molecule has 7 nitrogen and oxygen atoms in total. The van der Waals surface area contributed by atoms with Crippen molar-refractivity contribution in [3.8, 4) is 0 Å². The summed E-state index contributed by atoms with van der Waals surface area (Å²) >= 11 is 0. The second kappa shape index (κ2) is 5.78. The van der Waals surface area contributed by atoms with Gasteiger partial charge in [-0.05, 0) is 11.5 Å². The van der Waals surface area contributed by atoms with Gasteiger partial charge in [-0.3, -0.25) is 0 Å². The molecule has 0 saturated heterocycles. The van der Waals surface area contributed by atoms with E-state index in [-0.39, 0.29) is 6.61 Å². The molecule has 0 aromatic rings. The van der Waals surface area contributed by atoms with Crippen LogP contribution < -0.4 is 0 Å². The summed E-state index contributed by atoms with van der Waals surface area (Å²) in [5.41, 5.74) is -5.82. The lowest BCUT2D eigenvalue weighted by Gasteiger charge is -2.10. The van der Waals surface area contributed by atoms with Crippen LogP contribution in [0, 0.1) is 0 Å². The van der Waals surface area contributed by atoms with E-state index < -0.39 is 38.7 Å². The average Bonchev–Trinajstić information content (AvgIpc) is 2.11. The van der Waals surface area contributed by atoms with Crippen molar-refractivity contribution in [3.05, 3.63) is 0 Å². The molecular formula is C5H9F3O7PS2+. The lowest BCUT2D eigenvalue weighted by atomic mass is 10.9. The Morgan fingerprint density at radius 1 is 1.22 bits per heavy atom. The maximum Gasteiger partial charge on any atom is 0.559 e. The second-order valence-corrected chi connectivity index (χ2v) is 8.03. The SMILES string of the molecule is CCO[P+](=O)C(OS(C)(=O)=O)S(=O)(=O)C(F)(F)F. The van der Waals surface area contributed by atoms with Crippen LogP contribution in [0.5, 0.6) is 0 Å². The van der Waals surface area contributed by atoms with E-state index in [1.165, 1.54) is 6.92 Å². The summed E-state index contributed by atoms with van der Waals surface area (Å²) in [5.74, 6) is 0. The molecule has 2 atom stereocenters. The number of alkyl halides is 3. The molecule has 13 heteroatoms. The minimum absolute atomic E-state index is 0.320. The summed E-state index contributed by atoms with van der Waals surface area (Å²) in [6.07, 6.45) is 0.320. The highest BCUT2D eigenvalue weighted by atomic mass is 32.2. The van der Waals surface area contributed by atoms with Crippen LogP contribution in [0.1, 0.15) is 6.92 Å². The maximum absolute atomic E-state index is 12.2. The normalized spacial score (nSPS) is 16.4. The summed E-state index contributed by atoms with van der Waals surface area (Å²) < 4.78 is 99.0. The standard InChI is InChI=1S/C5H9F3O7PS2/c1-3-14-16(9)4(15-17(2,10)11)18(12,13)5(6,7)8/h4H,3H2,1-2H3/q+1. The zero-order valence-corrected chi connectivity index (χ0v) is 11.6. The first kappa shape index (κ1) is 17.7. The molecule has 0 N–H and O–H groups in total. The van der Waals surface area contributed by atoms with Crippen LogP contribution in [0.3, 0.4) is 0 Å². The van der Waals surface area contributed by atoms with Gasteiger partial charge in [0.05, 0.1) is 12.9 Å². The summed E-state index contributed by atoms with van der Waals surface area (Å²) in [5, 5.41) is -3.15. The Bertz CT molecular complexity index is 508. The third-order valence-electron chi connectivity index (χ3n) is 1.27. The van der Waals surface area contributed by atoms with Crippen molar-refractivity contribution in [1.82, 2.24) is 0 Å². The first-order valence-electron chi connectivity index (χ1n) is 4.10. The molecule has 0 radical (unpaired) electrons. The fourth-order valence-corrected chi connectivity index (χ4v) is 4.60.